The Morgan fingerprint density at radius 2 is 2.06 bits per heavy atom. The van der Waals surface area contributed by atoms with Crippen LogP contribution in [-0.2, 0) is 17.3 Å². The Morgan fingerprint density at radius 1 is 1.33 bits per heavy atom. The van der Waals surface area contributed by atoms with Gasteiger partial charge in [-0.2, -0.15) is 13.2 Å². The first-order valence-electron chi connectivity index (χ1n) is 5.88. The molecule has 1 aromatic carbocycles. The summed E-state index contributed by atoms with van der Waals surface area (Å²) in [7, 11) is 1.56. The van der Waals surface area contributed by atoms with Gasteiger partial charge in [0.2, 0.25) is 0 Å². The number of hydrogen-bond acceptors (Lipinski definition) is 2. The third-order valence-corrected chi connectivity index (χ3v) is 3.47. The first-order chi connectivity index (χ1) is 8.47. The molecule has 2 nitrogen and oxygen atoms in total. The second kappa shape index (κ2) is 4.90. The van der Waals surface area contributed by atoms with Gasteiger partial charge in [-0.05, 0) is 24.6 Å². The lowest BCUT2D eigenvalue weighted by Gasteiger charge is -2.28. The lowest BCUT2D eigenvalue weighted by atomic mass is 9.90. The van der Waals surface area contributed by atoms with E-state index in [1.165, 1.54) is 12.1 Å². The van der Waals surface area contributed by atoms with Crippen molar-refractivity contribution in [1.29, 1.82) is 0 Å². The van der Waals surface area contributed by atoms with E-state index in [4.69, 9.17) is 4.74 Å². The lowest BCUT2D eigenvalue weighted by molar-refractivity contribution is -0.138. The predicted molar refractivity (Wildman–Crippen MR) is 62.4 cm³/mol. The minimum Gasteiger partial charge on any atom is -0.377 e. The van der Waals surface area contributed by atoms with Crippen LogP contribution in [0.25, 0.3) is 0 Å². The van der Waals surface area contributed by atoms with E-state index in [9.17, 15) is 13.2 Å². The largest absolute Gasteiger partial charge is 0.416 e. The van der Waals surface area contributed by atoms with Gasteiger partial charge in [-0.1, -0.05) is 18.2 Å². The fourth-order valence-corrected chi connectivity index (χ4v) is 2.42. The summed E-state index contributed by atoms with van der Waals surface area (Å²) in [6.07, 6.45) is -3.29. The van der Waals surface area contributed by atoms with Crippen LogP contribution in [0.15, 0.2) is 24.3 Å². The van der Waals surface area contributed by atoms with Gasteiger partial charge in [0.25, 0.3) is 0 Å². The molecular formula is C13H16F3NO. The summed E-state index contributed by atoms with van der Waals surface area (Å²) >= 11 is 0. The maximum Gasteiger partial charge on any atom is 0.416 e. The maximum atomic E-state index is 12.9. The fraction of sp³-hybridized carbons (Fsp3) is 0.538. The number of methoxy groups -OCH3 is 1. The van der Waals surface area contributed by atoms with Gasteiger partial charge in [-0.15, -0.1) is 0 Å². The van der Waals surface area contributed by atoms with Gasteiger partial charge < -0.3 is 10.1 Å². The number of nitrogens with one attached hydrogen (secondary N) is 1. The summed E-state index contributed by atoms with van der Waals surface area (Å²) in [5.74, 6) is 0. The lowest BCUT2D eigenvalue weighted by Crippen LogP contribution is -2.37. The first-order valence-corrected chi connectivity index (χ1v) is 5.88. The van der Waals surface area contributed by atoms with Crippen LogP contribution in [-0.4, -0.2) is 25.8 Å². The summed E-state index contributed by atoms with van der Waals surface area (Å²) in [5, 5.41) is 3.14. The van der Waals surface area contributed by atoms with Crippen LogP contribution in [0.2, 0.25) is 0 Å². The molecule has 1 heterocycles. The molecule has 1 unspecified atom stereocenters. The minimum atomic E-state index is -4.31. The van der Waals surface area contributed by atoms with Crippen LogP contribution < -0.4 is 5.32 Å². The van der Waals surface area contributed by atoms with Crippen LogP contribution in [0.4, 0.5) is 13.2 Å². The van der Waals surface area contributed by atoms with E-state index in [-0.39, 0.29) is 6.42 Å². The molecule has 2 rings (SSSR count). The number of benzene rings is 1. The van der Waals surface area contributed by atoms with Crippen LogP contribution in [0.5, 0.6) is 0 Å². The zero-order chi connectivity index (χ0) is 13.2. The van der Waals surface area contributed by atoms with Gasteiger partial charge in [0.15, 0.2) is 0 Å². The van der Waals surface area contributed by atoms with E-state index in [0.29, 0.717) is 12.1 Å². The van der Waals surface area contributed by atoms with Gasteiger partial charge in [-0.25, -0.2) is 0 Å². The molecule has 0 aromatic heterocycles. The molecule has 100 valence electrons. The van der Waals surface area contributed by atoms with E-state index in [0.717, 1.165) is 19.0 Å². The average Bonchev–Trinajstić information content (AvgIpc) is 2.78. The summed E-state index contributed by atoms with van der Waals surface area (Å²) in [6, 6.07) is 5.71. The van der Waals surface area contributed by atoms with Crippen LogP contribution in [0.1, 0.15) is 17.5 Å². The Hall–Kier alpha value is -1.07. The highest BCUT2D eigenvalue weighted by Gasteiger charge is 2.38. The van der Waals surface area contributed by atoms with Gasteiger partial charge >= 0.3 is 6.18 Å². The third kappa shape index (κ3) is 2.67. The van der Waals surface area contributed by atoms with Crippen molar-refractivity contribution in [3.05, 3.63) is 35.4 Å². The molecule has 1 aliphatic heterocycles. The number of alkyl halides is 3. The molecule has 1 N–H and O–H groups in total. The molecule has 0 aliphatic carbocycles. The summed E-state index contributed by atoms with van der Waals surface area (Å²) in [5.41, 5.74) is -0.773. The Morgan fingerprint density at radius 3 is 2.61 bits per heavy atom. The quantitative estimate of drug-likeness (QED) is 0.901. The molecule has 0 spiro atoms. The van der Waals surface area contributed by atoms with E-state index in [2.05, 4.69) is 5.32 Å². The van der Waals surface area contributed by atoms with E-state index in [1.54, 1.807) is 13.2 Å². The van der Waals surface area contributed by atoms with Crippen molar-refractivity contribution in [3.63, 3.8) is 0 Å². The summed E-state index contributed by atoms with van der Waals surface area (Å²) in [6.45, 7) is 1.37. The van der Waals surface area contributed by atoms with Crippen molar-refractivity contribution in [1.82, 2.24) is 5.32 Å². The van der Waals surface area contributed by atoms with Gasteiger partial charge in [0, 0.05) is 20.1 Å². The second-order valence-electron chi connectivity index (χ2n) is 4.65. The molecular weight excluding hydrogens is 243 g/mol. The molecule has 1 atom stereocenters. The number of halogens is 3. The molecule has 0 radical (unpaired) electrons. The van der Waals surface area contributed by atoms with E-state index >= 15 is 0 Å². The monoisotopic (exact) mass is 259 g/mol. The SMILES string of the molecule is COC1(Cc2ccccc2C(F)(F)F)CCNC1. The molecule has 18 heavy (non-hydrogen) atoms. The van der Waals surface area contributed by atoms with Crippen molar-refractivity contribution in [3.8, 4) is 0 Å². The Bertz CT molecular complexity index is 411. The van der Waals surface area contributed by atoms with Gasteiger partial charge in [0.1, 0.15) is 0 Å². The predicted octanol–water partition coefficient (Wildman–Crippen LogP) is 2.63. The van der Waals surface area contributed by atoms with Crippen molar-refractivity contribution < 1.29 is 17.9 Å². The van der Waals surface area contributed by atoms with Crippen molar-refractivity contribution in [2.75, 3.05) is 20.2 Å². The normalized spacial score (nSPS) is 24.4. The van der Waals surface area contributed by atoms with E-state index in [1.807, 2.05) is 0 Å². The van der Waals surface area contributed by atoms with Gasteiger partial charge in [0.05, 0.1) is 11.2 Å². The van der Waals surface area contributed by atoms with Crippen molar-refractivity contribution in [2.45, 2.75) is 24.6 Å². The minimum absolute atomic E-state index is 0.284. The van der Waals surface area contributed by atoms with Crippen LogP contribution in [0.3, 0.4) is 0 Å². The van der Waals surface area contributed by atoms with Crippen LogP contribution >= 0.6 is 0 Å². The summed E-state index contributed by atoms with van der Waals surface area (Å²) in [4.78, 5) is 0. The van der Waals surface area contributed by atoms with Crippen molar-refractivity contribution >= 4 is 0 Å². The highest BCUT2D eigenvalue weighted by Crippen LogP contribution is 2.35. The van der Waals surface area contributed by atoms with E-state index < -0.39 is 17.3 Å². The molecule has 1 saturated heterocycles. The fourth-order valence-electron chi connectivity index (χ4n) is 2.42. The maximum absolute atomic E-state index is 12.9. The third-order valence-electron chi connectivity index (χ3n) is 3.47. The molecule has 5 heteroatoms. The zero-order valence-corrected chi connectivity index (χ0v) is 10.2. The zero-order valence-electron chi connectivity index (χ0n) is 10.2. The Balaban J connectivity index is 2.29. The Labute approximate surface area is 104 Å². The molecule has 1 aliphatic rings. The summed E-state index contributed by atoms with van der Waals surface area (Å²) < 4.78 is 44.1. The highest BCUT2D eigenvalue weighted by atomic mass is 19.4. The van der Waals surface area contributed by atoms with Gasteiger partial charge in [-0.3, -0.25) is 0 Å². The smallest absolute Gasteiger partial charge is 0.377 e. The number of ether oxygens (including phenoxy) is 1. The molecule has 0 bridgehead atoms. The molecule has 0 amide bonds. The number of rotatable bonds is 3. The molecule has 0 saturated carbocycles. The molecule has 1 aromatic rings. The Kier molecular flexibility index (Phi) is 3.64. The molecule has 1 fully saturated rings. The number of hydrogen-bond donors (Lipinski definition) is 1. The first kappa shape index (κ1) is 13.4. The van der Waals surface area contributed by atoms with Crippen molar-refractivity contribution in [2.24, 2.45) is 0 Å². The average molecular weight is 259 g/mol. The second-order valence-corrected chi connectivity index (χ2v) is 4.65. The topological polar surface area (TPSA) is 21.3 Å². The van der Waals surface area contributed by atoms with Crippen LogP contribution in [0, 0.1) is 0 Å². The standard InChI is InChI=1S/C13H16F3NO/c1-18-12(6-7-17-9-12)8-10-4-2-3-5-11(10)13(14,15)16/h2-5,17H,6-9H2,1H3. The highest BCUT2D eigenvalue weighted by molar-refractivity contribution is 5.31.